The SMILES string of the molecule is OCC(F)(F)c1cccc(C2CC2)c1. The van der Waals surface area contributed by atoms with Crippen molar-refractivity contribution in [3.63, 3.8) is 0 Å². The third-order valence-corrected chi connectivity index (χ3v) is 2.56. The fourth-order valence-corrected chi connectivity index (χ4v) is 1.53. The summed E-state index contributed by atoms with van der Waals surface area (Å²) in [4.78, 5) is 0. The first kappa shape index (κ1) is 9.59. The van der Waals surface area contributed by atoms with E-state index in [0.29, 0.717) is 5.92 Å². The average Bonchev–Trinajstić information content (AvgIpc) is 3.01. The minimum Gasteiger partial charge on any atom is -0.390 e. The molecule has 1 fully saturated rings. The number of halogens is 2. The predicted octanol–water partition coefficient (Wildman–Crippen LogP) is 2.65. The van der Waals surface area contributed by atoms with Crippen molar-refractivity contribution in [2.45, 2.75) is 24.7 Å². The molecule has 1 N–H and O–H groups in total. The Kier molecular flexibility index (Phi) is 2.27. The number of hydrogen-bond donors (Lipinski definition) is 1. The van der Waals surface area contributed by atoms with Gasteiger partial charge in [-0.25, -0.2) is 0 Å². The summed E-state index contributed by atoms with van der Waals surface area (Å²) in [5.41, 5.74) is 0.889. The van der Waals surface area contributed by atoms with Crippen molar-refractivity contribution in [1.82, 2.24) is 0 Å². The third-order valence-electron chi connectivity index (χ3n) is 2.56. The van der Waals surface area contributed by atoms with E-state index >= 15 is 0 Å². The lowest BCUT2D eigenvalue weighted by atomic mass is 10.0. The van der Waals surface area contributed by atoms with Gasteiger partial charge < -0.3 is 5.11 Å². The lowest BCUT2D eigenvalue weighted by molar-refractivity contribution is -0.0556. The fraction of sp³-hybridized carbons (Fsp3) is 0.455. The Balaban J connectivity index is 2.29. The maximum absolute atomic E-state index is 13.1. The maximum atomic E-state index is 13.1. The highest BCUT2D eigenvalue weighted by molar-refractivity contribution is 5.31. The van der Waals surface area contributed by atoms with Crippen LogP contribution in [0.3, 0.4) is 0 Å². The van der Waals surface area contributed by atoms with Gasteiger partial charge in [-0.3, -0.25) is 0 Å². The molecule has 0 atom stereocenters. The van der Waals surface area contributed by atoms with Crippen LogP contribution in [0.1, 0.15) is 29.9 Å². The van der Waals surface area contributed by atoms with Gasteiger partial charge >= 0.3 is 0 Å². The summed E-state index contributed by atoms with van der Waals surface area (Å²) in [6.07, 6.45) is 2.18. The minimum absolute atomic E-state index is 0.0793. The number of aliphatic hydroxyl groups excluding tert-OH is 1. The first-order valence-electron chi connectivity index (χ1n) is 4.72. The Hall–Kier alpha value is -0.960. The van der Waals surface area contributed by atoms with Crippen LogP contribution >= 0.6 is 0 Å². The molecule has 1 aliphatic rings. The summed E-state index contributed by atoms with van der Waals surface area (Å²) >= 11 is 0. The summed E-state index contributed by atoms with van der Waals surface area (Å²) in [5.74, 6) is -2.64. The Morgan fingerprint density at radius 1 is 1.36 bits per heavy atom. The van der Waals surface area contributed by atoms with Crippen molar-refractivity contribution in [3.8, 4) is 0 Å². The average molecular weight is 198 g/mol. The van der Waals surface area contributed by atoms with Gasteiger partial charge in [0.1, 0.15) is 6.61 Å². The Bertz CT molecular complexity index is 332. The van der Waals surface area contributed by atoms with Crippen LogP contribution in [0.15, 0.2) is 24.3 Å². The molecule has 76 valence electrons. The lowest BCUT2D eigenvalue weighted by Gasteiger charge is -2.14. The molecule has 0 saturated heterocycles. The molecule has 0 aromatic heterocycles. The van der Waals surface area contributed by atoms with Crippen molar-refractivity contribution in [2.75, 3.05) is 6.61 Å². The molecular formula is C11H12F2O. The molecule has 0 radical (unpaired) electrons. The van der Waals surface area contributed by atoms with Crippen molar-refractivity contribution in [2.24, 2.45) is 0 Å². The first-order valence-corrected chi connectivity index (χ1v) is 4.72. The van der Waals surface area contributed by atoms with Gasteiger partial charge in [0.25, 0.3) is 5.92 Å². The van der Waals surface area contributed by atoms with E-state index in [4.69, 9.17) is 5.11 Å². The molecule has 0 heterocycles. The lowest BCUT2D eigenvalue weighted by Crippen LogP contribution is -2.18. The second-order valence-corrected chi connectivity index (χ2v) is 3.76. The number of benzene rings is 1. The van der Waals surface area contributed by atoms with E-state index in [9.17, 15) is 8.78 Å². The van der Waals surface area contributed by atoms with Gasteiger partial charge in [0.05, 0.1) is 0 Å². The zero-order valence-electron chi connectivity index (χ0n) is 7.71. The second kappa shape index (κ2) is 3.31. The van der Waals surface area contributed by atoms with E-state index in [1.165, 1.54) is 12.1 Å². The minimum atomic E-state index is -3.11. The summed E-state index contributed by atoms with van der Waals surface area (Å²) in [7, 11) is 0. The standard InChI is InChI=1S/C11H12F2O/c12-11(13,7-14)10-3-1-2-9(6-10)8-4-5-8/h1-3,6,8,14H,4-5,7H2. The monoisotopic (exact) mass is 198 g/mol. The van der Waals surface area contributed by atoms with Crippen molar-refractivity contribution in [3.05, 3.63) is 35.4 Å². The predicted molar refractivity (Wildman–Crippen MR) is 49.4 cm³/mol. The Labute approximate surface area is 81.4 Å². The Morgan fingerprint density at radius 2 is 2.07 bits per heavy atom. The van der Waals surface area contributed by atoms with Crippen molar-refractivity contribution >= 4 is 0 Å². The van der Waals surface area contributed by atoms with Gasteiger partial charge in [-0.05, 0) is 30.4 Å². The molecule has 0 spiro atoms. The topological polar surface area (TPSA) is 20.2 Å². The van der Waals surface area contributed by atoms with Crippen LogP contribution in [0.5, 0.6) is 0 Å². The molecule has 1 aromatic rings. The number of rotatable bonds is 3. The van der Waals surface area contributed by atoms with E-state index in [1.807, 2.05) is 6.07 Å². The number of alkyl halides is 2. The molecule has 1 aromatic carbocycles. The van der Waals surface area contributed by atoms with Crippen LogP contribution in [0, 0.1) is 0 Å². The van der Waals surface area contributed by atoms with Gasteiger partial charge in [0.15, 0.2) is 0 Å². The highest BCUT2D eigenvalue weighted by Gasteiger charge is 2.32. The van der Waals surface area contributed by atoms with E-state index in [-0.39, 0.29) is 5.56 Å². The smallest absolute Gasteiger partial charge is 0.295 e. The van der Waals surface area contributed by atoms with Gasteiger partial charge in [-0.1, -0.05) is 18.2 Å². The first-order chi connectivity index (χ1) is 6.63. The molecule has 3 heteroatoms. The molecule has 0 unspecified atom stereocenters. The highest BCUT2D eigenvalue weighted by atomic mass is 19.3. The van der Waals surface area contributed by atoms with Gasteiger partial charge in [-0.2, -0.15) is 8.78 Å². The van der Waals surface area contributed by atoms with Crippen LogP contribution in [-0.4, -0.2) is 11.7 Å². The summed E-state index contributed by atoms with van der Waals surface area (Å²) in [6, 6.07) is 6.37. The fourth-order valence-electron chi connectivity index (χ4n) is 1.53. The largest absolute Gasteiger partial charge is 0.390 e. The summed E-state index contributed by atoms with van der Waals surface area (Å²) in [6.45, 7) is -1.12. The Morgan fingerprint density at radius 3 is 2.64 bits per heavy atom. The third kappa shape index (κ3) is 1.77. The van der Waals surface area contributed by atoms with Crippen LogP contribution in [0.2, 0.25) is 0 Å². The molecule has 0 aliphatic heterocycles. The maximum Gasteiger partial charge on any atom is 0.295 e. The zero-order valence-corrected chi connectivity index (χ0v) is 7.71. The van der Waals surface area contributed by atoms with Gasteiger partial charge in [0.2, 0.25) is 0 Å². The van der Waals surface area contributed by atoms with Crippen LogP contribution in [-0.2, 0) is 5.92 Å². The van der Waals surface area contributed by atoms with E-state index < -0.39 is 12.5 Å². The quantitative estimate of drug-likeness (QED) is 0.791. The van der Waals surface area contributed by atoms with E-state index in [2.05, 4.69) is 0 Å². The molecule has 0 bridgehead atoms. The molecule has 2 rings (SSSR count). The van der Waals surface area contributed by atoms with E-state index in [1.54, 1.807) is 6.07 Å². The molecule has 0 amide bonds. The molecule has 14 heavy (non-hydrogen) atoms. The number of aliphatic hydroxyl groups is 1. The summed E-state index contributed by atoms with van der Waals surface area (Å²) < 4.78 is 26.2. The van der Waals surface area contributed by atoms with Crippen LogP contribution < -0.4 is 0 Å². The normalized spacial score (nSPS) is 17.1. The van der Waals surface area contributed by atoms with Crippen LogP contribution in [0.25, 0.3) is 0 Å². The molecule has 1 nitrogen and oxygen atoms in total. The van der Waals surface area contributed by atoms with Gasteiger partial charge in [0, 0.05) is 5.56 Å². The zero-order chi connectivity index (χ0) is 10.2. The van der Waals surface area contributed by atoms with Crippen molar-refractivity contribution in [1.29, 1.82) is 0 Å². The molecule has 1 saturated carbocycles. The number of hydrogen-bond acceptors (Lipinski definition) is 1. The highest BCUT2D eigenvalue weighted by Crippen LogP contribution is 2.41. The van der Waals surface area contributed by atoms with Gasteiger partial charge in [-0.15, -0.1) is 0 Å². The van der Waals surface area contributed by atoms with E-state index in [0.717, 1.165) is 18.4 Å². The second-order valence-electron chi connectivity index (χ2n) is 3.76. The van der Waals surface area contributed by atoms with Crippen LogP contribution in [0.4, 0.5) is 8.78 Å². The molecular weight excluding hydrogens is 186 g/mol. The summed E-state index contributed by atoms with van der Waals surface area (Å²) in [5, 5.41) is 8.54. The van der Waals surface area contributed by atoms with Crippen molar-refractivity contribution < 1.29 is 13.9 Å². The molecule has 1 aliphatic carbocycles.